The molecule has 8 heteroatoms. The van der Waals surface area contributed by atoms with Crippen molar-refractivity contribution in [3.05, 3.63) is 28.3 Å². The number of nitrogens with zero attached hydrogens (tertiary/aromatic N) is 6. The Bertz CT molecular complexity index is 673. The minimum absolute atomic E-state index is 0.0516. The van der Waals surface area contributed by atoms with Gasteiger partial charge in [-0.3, -0.25) is 4.79 Å². The van der Waals surface area contributed by atoms with Crippen LogP contribution >= 0.6 is 11.5 Å². The molecule has 3 heterocycles. The van der Waals surface area contributed by atoms with Gasteiger partial charge in [0, 0.05) is 50.3 Å². The second-order valence-electron chi connectivity index (χ2n) is 4.94. The monoisotopic (exact) mass is 306 g/mol. The third-order valence-corrected chi connectivity index (χ3v) is 4.41. The van der Waals surface area contributed by atoms with Crippen molar-refractivity contribution >= 4 is 22.5 Å². The lowest BCUT2D eigenvalue weighted by Gasteiger charge is -2.35. The molecule has 0 amide bonds. The molecule has 2 aromatic heterocycles. The number of aromatic nitrogens is 4. The molecule has 1 fully saturated rings. The molecule has 1 saturated heterocycles. The quantitative estimate of drug-likeness (QED) is 0.833. The first-order valence-electron chi connectivity index (χ1n) is 7.05. The number of piperazine rings is 1. The van der Waals surface area contributed by atoms with Gasteiger partial charge in [0.25, 0.3) is 5.56 Å². The molecule has 0 aliphatic carbocycles. The van der Waals surface area contributed by atoms with Crippen molar-refractivity contribution in [1.29, 1.82) is 0 Å². The lowest BCUT2D eigenvalue weighted by atomic mass is 10.3. The van der Waals surface area contributed by atoms with E-state index in [1.165, 1.54) is 16.2 Å². The highest BCUT2D eigenvalue weighted by Gasteiger charge is 2.20. The number of rotatable bonds is 3. The first kappa shape index (κ1) is 14.0. The van der Waals surface area contributed by atoms with E-state index in [2.05, 4.69) is 24.3 Å². The summed E-state index contributed by atoms with van der Waals surface area (Å²) >= 11 is 1.45. The molecule has 7 nitrogen and oxygen atoms in total. The topological polar surface area (TPSA) is 67.2 Å². The second-order valence-corrected chi connectivity index (χ2v) is 5.67. The molecule has 0 aromatic carbocycles. The molecular weight excluding hydrogens is 288 g/mol. The van der Waals surface area contributed by atoms with Gasteiger partial charge in [0.2, 0.25) is 5.13 Å². The van der Waals surface area contributed by atoms with Gasteiger partial charge in [-0.25, -0.2) is 9.67 Å². The van der Waals surface area contributed by atoms with Crippen molar-refractivity contribution < 1.29 is 0 Å². The van der Waals surface area contributed by atoms with Crippen LogP contribution in [-0.4, -0.2) is 45.3 Å². The lowest BCUT2D eigenvalue weighted by Crippen LogP contribution is -2.47. The average molecular weight is 306 g/mol. The summed E-state index contributed by atoms with van der Waals surface area (Å²) in [6.07, 6.45) is 0. The fraction of sp³-hybridized carbons (Fsp3) is 0.538. The van der Waals surface area contributed by atoms with Crippen molar-refractivity contribution in [2.75, 3.05) is 36.0 Å². The van der Waals surface area contributed by atoms with Crippen LogP contribution in [0, 0.1) is 6.92 Å². The SMILES string of the molecule is CCn1nc(N2CCN(c3nc(C)ns3)CC2)ccc1=O. The van der Waals surface area contributed by atoms with Gasteiger partial charge in [0.05, 0.1) is 0 Å². The Morgan fingerprint density at radius 1 is 1.19 bits per heavy atom. The Morgan fingerprint density at radius 3 is 2.52 bits per heavy atom. The lowest BCUT2D eigenvalue weighted by molar-refractivity contribution is 0.588. The number of anilines is 2. The first-order chi connectivity index (χ1) is 10.2. The third-order valence-electron chi connectivity index (χ3n) is 3.54. The summed E-state index contributed by atoms with van der Waals surface area (Å²) in [5.41, 5.74) is -0.0516. The van der Waals surface area contributed by atoms with E-state index in [0.29, 0.717) is 6.54 Å². The van der Waals surface area contributed by atoms with Gasteiger partial charge in [-0.15, -0.1) is 0 Å². The predicted molar refractivity (Wildman–Crippen MR) is 83.2 cm³/mol. The summed E-state index contributed by atoms with van der Waals surface area (Å²) in [5.74, 6) is 1.69. The van der Waals surface area contributed by atoms with Gasteiger partial charge >= 0.3 is 0 Å². The highest BCUT2D eigenvalue weighted by molar-refractivity contribution is 7.09. The van der Waals surface area contributed by atoms with E-state index in [0.717, 1.165) is 43.0 Å². The van der Waals surface area contributed by atoms with E-state index >= 15 is 0 Å². The molecule has 0 saturated carbocycles. The van der Waals surface area contributed by atoms with Crippen LogP contribution in [0.5, 0.6) is 0 Å². The van der Waals surface area contributed by atoms with Crippen molar-refractivity contribution in [3.63, 3.8) is 0 Å². The van der Waals surface area contributed by atoms with E-state index in [-0.39, 0.29) is 5.56 Å². The van der Waals surface area contributed by atoms with Crippen LogP contribution in [0.1, 0.15) is 12.7 Å². The molecule has 0 spiro atoms. The summed E-state index contributed by atoms with van der Waals surface area (Å²) < 4.78 is 5.72. The van der Waals surface area contributed by atoms with Crippen molar-refractivity contribution in [2.24, 2.45) is 0 Å². The second kappa shape index (κ2) is 5.80. The molecule has 1 aliphatic heterocycles. The van der Waals surface area contributed by atoms with Crippen LogP contribution in [-0.2, 0) is 6.54 Å². The van der Waals surface area contributed by atoms with Crippen LogP contribution in [0.25, 0.3) is 0 Å². The molecule has 0 radical (unpaired) electrons. The zero-order chi connectivity index (χ0) is 14.8. The summed E-state index contributed by atoms with van der Waals surface area (Å²) in [7, 11) is 0. The van der Waals surface area contributed by atoms with Gasteiger partial charge in [-0.1, -0.05) is 0 Å². The maximum Gasteiger partial charge on any atom is 0.266 e. The van der Waals surface area contributed by atoms with E-state index in [9.17, 15) is 4.79 Å². The van der Waals surface area contributed by atoms with Crippen molar-refractivity contribution in [2.45, 2.75) is 20.4 Å². The standard InChI is InChI=1S/C13H18N6OS/c1-3-19-12(20)5-4-11(15-19)17-6-8-18(9-7-17)13-14-10(2)16-21-13/h4-5H,3,6-9H2,1-2H3. The fourth-order valence-corrected chi connectivity index (χ4v) is 3.10. The van der Waals surface area contributed by atoms with Gasteiger partial charge in [-0.05, 0) is 19.9 Å². The van der Waals surface area contributed by atoms with E-state index in [1.54, 1.807) is 12.1 Å². The normalized spacial score (nSPS) is 15.5. The van der Waals surface area contributed by atoms with Gasteiger partial charge in [0.15, 0.2) is 0 Å². The molecule has 0 N–H and O–H groups in total. The van der Waals surface area contributed by atoms with Crippen molar-refractivity contribution in [1.82, 2.24) is 19.1 Å². The Labute approximate surface area is 127 Å². The Kier molecular flexibility index (Phi) is 3.87. The summed E-state index contributed by atoms with van der Waals surface area (Å²) in [5, 5.41) is 5.39. The molecule has 112 valence electrons. The molecule has 21 heavy (non-hydrogen) atoms. The number of hydrogen-bond acceptors (Lipinski definition) is 7. The highest BCUT2D eigenvalue weighted by Crippen LogP contribution is 2.20. The molecular formula is C13H18N6OS. The van der Waals surface area contributed by atoms with Crippen LogP contribution in [0.2, 0.25) is 0 Å². The third kappa shape index (κ3) is 2.90. The summed E-state index contributed by atoms with van der Waals surface area (Å²) in [6.45, 7) is 7.95. The Morgan fingerprint density at radius 2 is 1.90 bits per heavy atom. The largest absolute Gasteiger partial charge is 0.352 e. The zero-order valence-corrected chi connectivity index (χ0v) is 13.0. The molecule has 0 unspecified atom stereocenters. The van der Waals surface area contributed by atoms with Gasteiger partial charge in [-0.2, -0.15) is 9.47 Å². The molecule has 0 bridgehead atoms. The van der Waals surface area contributed by atoms with E-state index in [4.69, 9.17) is 0 Å². The Hall–Kier alpha value is -1.96. The van der Waals surface area contributed by atoms with Crippen LogP contribution in [0.3, 0.4) is 0 Å². The van der Waals surface area contributed by atoms with E-state index in [1.807, 2.05) is 13.8 Å². The summed E-state index contributed by atoms with van der Waals surface area (Å²) in [4.78, 5) is 20.5. The van der Waals surface area contributed by atoms with Gasteiger partial charge < -0.3 is 9.80 Å². The van der Waals surface area contributed by atoms with Crippen LogP contribution in [0.15, 0.2) is 16.9 Å². The van der Waals surface area contributed by atoms with Crippen LogP contribution in [0.4, 0.5) is 10.9 Å². The average Bonchev–Trinajstić information content (AvgIpc) is 2.94. The Balaban J connectivity index is 1.69. The maximum absolute atomic E-state index is 11.6. The molecule has 0 atom stereocenters. The molecule has 2 aromatic rings. The summed E-state index contributed by atoms with van der Waals surface area (Å²) in [6, 6.07) is 3.39. The zero-order valence-electron chi connectivity index (χ0n) is 12.2. The number of hydrogen-bond donors (Lipinski definition) is 0. The van der Waals surface area contributed by atoms with Crippen molar-refractivity contribution in [3.8, 4) is 0 Å². The smallest absolute Gasteiger partial charge is 0.266 e. The van der Waals surface area contributed by atoms with Crippen LogP contribution < -0.4 is 15.4 Å². The first-order valence-corrected chi connectivity index (χ1v) is 7.83. The maximum atomic E-state index is 11.6. The number of aryl methyl sites for hydroxylation is 2. The minimum atomic E-state index is -0.0516. The fourth-order valence-electron chi connectivity index (χ4n) is 2.37. The molecule has 1 aliphatic rings. The predicted octanol–water partition coefficient (Wildman–Crippen LogP) is 0.750. The van der Waals surface area contributed by atoms with E-state index < -0.39 is 0 Å². The minimum Gasteiger partial charge on any atom is -0.352 e. The van der Waals surface area contributed by atoms with Gasteiger partial charge in [0.1, 0.15) is 11.6 Å². The highest BCUT2D eigenvalue weighted by atomic mass is 32.1. The molecule has 3 rings (SSSR count).